The number of ether oxygens (including phenoxy) is 1. The number of hydrogen-bond donors (Lipinski definition) is 1. The van der Waals surface area contributed by atoms with E-state index < -0.39 is 5.60 Å². The van der Waals surface area contributed by atoms with Crippen molar-refractivity contribution in [3.63, 3.8) is 0 Å². The molecule has 0 spiro atoms. The van der Waals surface area contributed by atoms with Crippen molar-refractivity contribution in [2.45, 2.75) is 56.8 Å². The molecule has 1 saturated heterocycles. The van der Waals surface area contributed by atoms with E-state index in [-0.39, 0.29) is 30.9 Å². The van der Waals surface area contributed by atoms with Crippen LogP contribution in [0.1, 0.15) is 55.7 Å². The van der Waals surface area contributed by atoms with Gasteiger partial charge >= 0.3 is 0 Å². The highest BCUT2D eigenvalue weighted by Gasteiger charge is 2.35. The largest absolute Gasteiger partial charge is 0.488 e. The summed E-state index contributed by atoms with van der Waals surface area (Å²) in [4.78, 5) is 4.96. The summed E-state index contributed by atoms with van der Waals surface area (Å²) in [5.41, 5.74) is 1.89. The van der Waals surface area contributed by atoms with E-state index in [0.717, 1.165) is 74.1 Å². The van der Waals surface area contributed by atoms with E-state index in [9.17, 15) is 5.11 Å². The summed E-state index contributed by atoms with van der Waals surface area (Å²) < 4.78 is 7.05. The highest BCUT2D eigenvalue weighted by atomic mass is 79.9. The first-order valence-electron chi connectivity index (χ1n) is 11.6. The van der Waals surface area contributed by atoms with Crippen LogP contribution in [0, 0.1) is 0 Å². The van der Waals surface area contributed by atoms with Gasteiger partial charge in [0.2, 0.25) is 0 Å². The Morgan fingerprint density at radius 1 is 0.970 bits per heavy atom. The number of hydrogen-bond acceptors (Lipinski definition) is 4. The molecule has 0 bridgehead atoms. The highest BCUT2D eigenvalue weighted by Crippen LogP contribution is 2.40. The molecule has 4 nitrogen and oxygen atoms in total. The molecule has 1 heterocycles. The summed E-state index contributed by atoms with van der Waals surface area (Å²) in [5.74, 6) is 0.862. The molecule has 4 rings (SSSR count). The summed E-state index contributed by atoms with van der Waals surface area (Å²) in [6, 6.07) is 17.0. The van der Waals surface area contributed by atoms with Crippen molar-refractivity contribution in [2.24, 2.45) is 0 Å². The first-order valence-corrected chi connectivity index (χ1v) is 12.4. The van der Waals surface area contributed by atoms with Crippen molar-refractivity contribution in [3.8, 4) is 5.75 Å². The van der Waals surface area contributed by atoms with Gasteiger partial charge in [-0.25, -0.2) is 0 Å². The lowest BCUT2D eigenvalue weighted by molar-refractivity contribution is -0.0333. The van der Waals surface area contributed by atoms with Crippen LogP contribution < -0.4 is 4.74 Å². The van der Waals surface area contributed by atoms with Crippen molar-refractivity contribution in [1.29, 1.82) is 0 Å². The van der Waals surface area contributed by atoms with E-state index in [4.69, 9.17) is 4.74 Å². The monoisotopic (exact) mass is 558 g/mol. The van der Waals surface area contributed by atoms with Crippen molar-refractivity contribution < 1.29 is 9.84 Å². The molecule has 2 fully saturated rings. The number of halogens is 3. The first kappa shape index (κ1) is 28.4. The van der Waals surface area contributed by atoms with Crippen molar-refractivity contribution in [3.05, 3.63) is 64.1 Å². The normalized spacial score (nSPS) is 19.7. The second-order valence-corrected chi connectivity index (χ2v) is 10.2. The van der Waals surface area contributed by atoms with Gasteiger partial charge in [-0.2, -0.15) is 0 Å². The van der Waals surface area contributed by atoms with Crippen LogP contribution in [0.2, 0.25) is 0 Å². The van der Waals surface area contributed by atoms with Crippen LogP contribution in [0.25, 0.3) is 0 Å². The predicted molar refractivity (Wildman–Crippen MR) is 144 cm³/mol. The minimum absolute atomic E-state index is 0. The molecule has 1 aliphatic carbocycles. The second-order valence-electron chi connectivity index (χ2n) is 9.31. The number of rotatable bonds is 7. The van der Waals surface area contributed by atoms with E-state index in [1.165, 1.54) is 12.0 Å². The van der Waals surface area contributed by atoms with Gasteiger partial charge in [-0.3, -0.25) is 4.90 Å². The van der Waals surface area contributed by atoms with Crippen LogP contribution in [0.4, 0.5) is 0 Å². The lowest BCUT2D eigenvalue weighted by Crippen LogP contribution is -2.48. The van der Waals surface area contributed by atoms with Gasteiger partial charge in [-0.1, -0.05) is 55.7 Å². The summed E-state index contributed by atoms with van der Waals surface area (Å²) >= 11 is 3.75. The van der Waals surface area contributed by atoms with Crippen molar-refractivity contribution in [1.82, 2.24) is 9.80 Å². The highest BCUT2D eigenvalue weighted by molar-refractivity contribution is 9.10. The SMILES string of the molecule is CN1CCN([C@@H](CC2(O)CCCCC2)c2ccc(OCc3ccccc3)c(Br)c2)CC1.Cl.Cl. The van der Waals surface area contributed by atoms with Gasteiger partial charge in [-0.15, -0.1) is 24.8 Å². The third-order valence-corrected chi connectivity index (χ3v) is 7.53. The molecule has 2 aliphatic rings. The Kier molecular flexibility index (Phi) is 11.5. The van der Waals surface area contributed by atoms with Crippen LogP contribution in [0.5, 0.6) is 5.75 Å². The minimum atomic E-state index is -0.540. The molecule has 0 amide bonds. The maximum absolute atomic E-state index is 11.3. The molecule has 0 aromatic heterocycles. The second kappa shape index (κ2) is 13.3. The minimum Gasteiger partial charge on any atom is -0.488 e. The average Bonchev–Trinajstić information content (AvgIpc) is 2.78. The number of likely N-dealkylation sites (N-methyl/N-ethyl adjacent to an activating group) is 1. The fourth-order valence-electron chi connectivity index (χ4n) is 4.94. The van der Waals surface area contributed by atoms with Gasteiger partial charge < -0.3 is 14.7 Å². The third-order valence-electron chi connectivity index (χ3n) is 6.91. The van der Waals surface area contributed by atoms with E-state index >= 15 is 0 Å². The molecule has 1 aliphatic heterocycles. The Morgan fingerprint density at radius 2 is 1.64 bits per heavy atom. The van der Waals surface area contributed by atoms with Gasteiger partial charge in [-0.05, 0) is 65.5 Å². The molecule has 0 radical (unpaired) electrons. The molecule has 1 atom stereocenters. The van der Waals surface area contributed by atoms with E-state index in [1.54, 1.807) is 0 Å². The predicted octanol–water partition coefficient (Wildman–Crippen LogP) is 6.25. The van der Waals surface area contributed by atoms with Crippen molar-refractivity contribution in [2.75, 3.05) is 33.2 Å². The van der Waals surface area contributed by atoms with Crippen LogP contribution in [0.15, 0.2) is 53.0 Å². The quantitative estimate of drug-likeness (QED) is 0.435. The van der Waals surface area contributed by atoms with E-state index in [1.807, 2.05) is 18.2 Å². The Balaban J connectivity index is 0.00000193. The summed E-state index contributed by atoms with van der Waals surface area (Å²) in [6.07, 6.45) is 6.20. The third kappa shape index (κ3) is 7.84. The molecule has 2 aromatic rings. The summed E-state index contributed by atoms with van der Waals surface area (Å²) in [7, 11) is 2.19. The number of nitrogens with zero attached hydrogens (tertiary/aromatic N) is 2. The number of benzene rings is 2. The average molecular weight is 560 g/mol. The van der Waals surface area contributed by atoms with Gasteiger partial charge in [0.1, 0.15) is 12.4 Å². The van der Waals surface area contributed by atoms with Gasteiger partial charge in [0.15, 0.2) is 0 Å². The molecule has 2 aromatic carbocycles. The standard InChI is InChI=1S/C26H35BrN2O2.2ClH/c1-28-14-16-29(17-15-28)24(19-26(30)12-6-3-7-13-26)22-10-11-25(23(27)18-22)31-20-21-8-4-2-5-9-21;;/h2,4-5,8-11,18,24,30H,3,6-7,12-17,19-20H2,1H3;2*1H/t24-;;/m0../s1. The molecule has 184 valence electrons. The molecular weight excluding hydrogens is 523 g/mol. The molecule has 1 saturated carbocycles. The van der Waals surface area contributed by atoms with Crippen LogP contribution in [0.3, 0.4) is 0 Å². The maximum Gasteiger partial charge on any atom is 0.134 e. The molecule has 1 N–H and O–H groups in total. The number of piperazine rings is 1. The zero-order chi connectivity index (χ0) is 21.7. The molecular formula is C26H37BrCl2N2O2. The summed E-state index contributed by atoms with van der Waals surface area (Å²) in [5, 5.41) is 11.3. The Labute approximate surface area is 219 Å². The van der Waals surface area contributed by atoms with Gasteiger partial charge in [0, 0.05) is 32.2 Å². The first-order chi connectivity index (χ1) is 15.0. The zero-order valence-corrected chi connectivity index (χ0v) is 22.6. The Bertz CT molecular complexity index is 841. The van der Waals surface area contributed by atoms with Gasteiger partial charge in [0.25, 0.3) is 0 Å². The molecule has 33 heavy (non-hydrogen) atoms. The van der Waals surface area contributed by atoms with Crippen LogP contribution in [-0.2, 0) is 6.61 Å². The lowest BCUT2D eigenvalue weighted by atomic mass is 9.79. The molecule has 0 unspecified atom stereocenters. The zero-order valence-electron chi connectivity index (χ0n) is 19.4. The van der Waals surface area contributed by atoms with E-state index in [0.29, 0.717) is 6.61 Å². The van der Waals surface area contributed by atoms with Gasteiger partial charge in [0.05, 0.1) is 10.1 Å². The number of aliphatic hydroxyl groups is 1. The fourth-order valence-corrected chi connectivity index (χ4v) is 5.45. The Hall–Kier alpha value is -0.820. The smallest absolute Gasteiger partial charge is 0.134 e. The fraction of sp³-hybridized carbons (Fsp3) is 0.538. The van der Waals surface area contributed by atoms with Crippen LogP contribution >= 0.6 is 40.7 Å². The van der Waals surface area contributed by atoms with E-state index in [2.05, 4.69) is 63.1 Å². The lowest BCUT2D eigenvalue weighted by Gasteiger charge is -2.43. The molecule has 7 heteroatoms. The van der Waals surface area contributed by atoms with Crippen molar-refractivity contribution >= 4 is 40.7 Å². The Morgan fingerprint density at radius 3 is 2.27 bits per heavy atom. The summed E-state index contributed by atoms with van der Waals surface area (Å²) in [6.45, 7) is 4.80. The van der Waals surface area contributed by atoms with Crippen LogP contribution in [-0.4, -0.2) is 53.7 Å². The maximum atomic E-state index is 11.3. The topological polar surface area (TPSA) is 35.9 Å².